The summed E-state index contributed by atoms with van der Waals surface area (Å²) in [6.07, 6.45) is 1.06. The first-order valence-corrected chi connectivity index (χ1v) is 10.00. The molecule has 26 heavy (non-hydrogen) atoms. The zero-order chi connectivity index (χ0) is 17.3. The van der Waals surface area contributed by atoms with E-state index >= 15 is 0 Å². The van der Waals surface area contributed by atoms with Crippen LogP contribution in [0.4, 0.5) is 5.13 Å². The molecule has 2 fully saturated rings. The molecule has 0 spiro atoms. The summed E-state index contributed by atoms with van der Waals surface area (Å²) in [5.41, 5.74) is 2.54. The van der Waals surface area contributed by atoms with Gasteiger partial charge in [0.1, 0.15) is 5.01 Å². The topological polar surface area (TPSA) is 38.2 Å². The van der Waals surface area contributed by atoms with Crippen LogP contribution in [-0.4, -0.2) is 36.0 Å². The molecule has 0 amide bonds. The van der Waals surface area contributed by atoms with Crippen molar-refractivity contribution < 1.29 is 4.74 Å². The molecule has 0 N–H and O–H groups in total. The fourth-order valence-electron chi connectivity index (χ4n) is 4.30. The maximum Gasteiger partial charge on any atom is 0.208 e. The quantitative estimate of drug-likeness (QED) is 0.698. The Labute approximate surface area is 157 Å². The highest BCUT2D eigenvalue weighted by atomic mass is 32.1. The average Bonchev–Trinajstić information content (AvgIpc) is 3.34. The van der Waals surface area contributed by atoms with E-state index < -0.39 is 0 Å². The second kappa shape index (κ2) is 6.82. The largest absolute Gasteiger partial charge is 0.381 e. The van der Waals surface area contributed by atoms with Crippen LogP contribution in [0.2, 0.25) is 0 Å². The first-order chi connectivity index (χ1) is 12.9. The lowest BCUT2D eigenvalue weighted by atomic mass is 9.84. The maximum absolute atomic E-state index is 5.83. The van der Waals surface area contributed by atoms with Gasteiger partial charge in [-0.15, -0.1) is 10.2 Å². The minimum absolute atomic E-state index is 0.491. The van der Waals surface area contributed by atoms with Gasteiger partial charge in [-0.2, -0.15) is 0 Å². The van der Waals surface area contributed by atoms with Crippen molar-refractivity contribution in [2.45, 2.75) is 18.4 Å². The lowest BCUT2D eigenvalue weighted by molar-refractivity contribution is 0.0462. The van der Waals surface area contributed by atoms with Crippen molar-refractivity contribution in [2.75, 3.05) is 24.7 Å². The van der Waals surface area contributed by atoms with Crippen molar-refractivity contribution in [3.63, 3.8) is 0 Å². The van der Waals surface area contributed by atoms with Gasteiger partial charge in [-0.1, -0.05) is 72.0 Å². The smallest absolute Gasteiger partial charge is 0.208 e. The van der Waals surface area contributed by atoms with E-state index in [0.29, 0.717) is 17.9 Å². The molecule has 0 aliphatic carbocycles. The highest BCUT2D eigenvalue weighted by molar-refractivity contribution is 7.18. The van der Waals surface area contributed by atoms with Crippen molar-refractivity contribution in [3.05, 3.63) is 66.2 Å². The Kier molecular flexibility index (Phi) is 4.19. The van der Waals surface area contributed by atoms with Gasteiger partial charge in [-0.25, -0.2) is 0 Å². The van der Waals surface area contributed by atoms with Crippen LogP contribution in [0.25, 0.3) is 10.6 Å². The summed E-state index contributed by atoms with van der Waals surface area (Å²) < 4.78 is 5.83. The molecule has 3 atom stereocenters. The van der Waals surface area contributed by atoms with E-state index in [-0.39, 0.29) is 0 Å². The minimum atomic E-state index is 0.491. The summed E-state index contributed by atoms with van der Waals surface area (Å²) in [7, 11) is 0. The number of hydrogen-bond donors (Lipinski definition) is 0. The van der Waals surface area contributed by atoms with Crippen LogP contribution >= 0.6 is 11.3 Å². The van der Waals surface area contributed by atoms with Crippen molar-refractivity contribution in [2.24, 2.45) is 5.92 Å². The lowest BCUT2D eigenvalue weighted by Crippen LogP contribution is -2.38. The van der Waals surface area contributed by atoms with Crippen LogP contribution < -0.4 is 4.90 Å². The summed E-state index contributed by atoms with van der Waals surface area (Å²) in [5, 5.41) is 11.0. The average molecular weight is 363 g/mol. The number of rotatable bonds is 3. The van der Waals surface area contributed by atoms with E-state index in [1.165, 1.54) is 5.56 Å². The van der Waals surface area contributed by atoms with E-state index in [1.54, 1.807) is 11.3 Å². The molecular formula is C21H21N3OS. The third-order valence-corrected chi connectivity index (χ3v) is 6.59. The SMILES string of the molecule is c1ccc(-c2nnc(N3C[C@H](c4ccccc4)[C@H]4COCC[C@@H]43)s2)cc1. The molecule has 2 aromatic carbocycles. The molecule has 1 aromatic heterocycles. The summed E-state index contributed by atoms with van der Waals surface area (Å²) >= 11 is 1.70. The molecule has 2 aliphatic heterocycles. The zero-order valence-corrected chi connectivity index (χ0v) is 15.3. The van der Waals surface area contributed by atoms with Crippen molar-refractivity contribution in [3.8, 4) is 10.6 Å². The van der Waals surface area contributed by atoms with Crippen molar-refractivity contribution in [1.82, 2.24) is 10.2 Å². The predicted octanol–water partition coefficient (Wildman–Crippen LogP) is 4.21. The van der Waals surface area contributed by atoms with Gasteiger partial charge in [0.05, 0.1) is 6.61 Å². The van der Waals surface area contributed by atoms with Gasteiger partial charge < -0.3 is 9.64 Å². The van der Waals surface area contributed by atoms with Crippen LogP contribution in [0.5, 0.6) is 0 Å². The van der Waals surface area contributed by atoms with Crippen molar-refractivity contribution in [1.29, 1.82) is 0 Å². The number of nitrogens with zero attached hydrogens (tertiary/aromatic N) is 3. The van der Waals surface area contributed by atoms with E-state index in [0.717, 1.165) is 41.9 Å². The van der Waals surface area contributed by atoms with Crippen LogP contribution in [0, 0.1) is 5.92 Å². The van der Waals surface area contributed by atoms with Gasteiger partial charge in [-0.05, 0) is 12.0 Å². The molecule has 132 valence electrons. The van der Waals surface area contributed by atoms with E-state index in [9.17, 15) is 0 Å². The summed E-state index contributed by atoms with van der Waals surface area (Å²) in [5.74, 6) is 1.01. The maximum atomic E-state index is 5.83. The second-order valence-electron chi connectivity index (χ2n) is 7.02. The Morgan fingerprint density at radius 1 is 0.962 bits per heavy atom. The summed E-state index contributed by atoms with van der Waals surface area (Å²) in [4.78, 5) is 2.48. The third kappa shape index (κ3) is 2.81. The standard InChI is InChI=1S/C21H21N3OS/c1-3-7-15(8-4-1)17-13-24(19-11-12-25-14-18(17)19)21-23-22-20(26-21)16-9-5-2-6-10-16/h1-10,17-19H,11-14H2/t17-,18-,19+/m1/s1. The van der Waals surface area contributed by atoms with Gasteiger partial charge in [0.15, 0.2) is 0 Å². The number of anilines is 1. The molecule has 5 heteroatoms. The Morgan fingerprint density at radius 3 is 2.54 bits per heavy atom. The minimum Gasteiger partial charge on any atom is -0.381 e. The molecule has 3 aromatic rings. The Bertz CT molecular complexity index is 867. The predicted molar refractivity (Wildman–Crippen MR) is 105 cm³/mol. The fraction of sp³-hybridized carbons (Fsp3) is 0.333. The molecule has 2 saturated heterocycles. The molecular weight excluding hydrogens is 342 g/mol. The molecule has 0 bridgehead atoms. The number of hydrogen-bond acceptors (Lipinski definition) is 5. The molecule has 3 heterocycles. The van der Waals surface area contributed by atoms with E-state index in [2.05, 4.69) is 57.6 Å². The monoisotopic (exact) mass is 363 g/mol. The summed E-state index contributed by atoms with van der Waals surface area (Å²) in [6, 6.07) is 21.7. The number of fused-ring (bicyclic) bond motifs is 1. The first-order valence-electron chi connectivity index (χ1n) is 9.18. The van der Waals surface area contributed by atoms with Crippen LogP contribution in [-0.2, 0) is 4.74 Å². The van der Waals surface area contributed by atoms with Crippen LogP contribution in [0.15, 0.2) is 60.7 Å². The number of benzene rings is 2. The third-order valence-electron chi connectivity index (χ3n) is 5.58. The lowest BCUT2D eigenvalue weighted by Gasteiger charge is -2.32. The van der Waals surface area contributed by atoms with E-state index in [1.807, 2.05) is 18.2 Å². The summed E-state index contributed by atoms with van der Waals surface area (Å²) in [6.45, 7) is 2.67. The van der Waals surface area contributed by atoms with E-state index in [4.69, 9.17) is 4.74 Å². The fourth-order valence-corrected chi connectivity index (χ4v) is 5.22. The molecule has 4 nitrogen and oxygen atoms in total. The van der Waals surface area contributed by atoms with Gasteiger partial charge in [0, 0.05) is 36.6 Å². The molecule has 5 rings (SSSR count). The zero-order valence-electron chi connectivity index (χ0n) is 14.5. The first kappa shape index (κ1) is 16.0. The molecule has 0 saturated carbocycles. The Balaban J connectivity index is 1.46. The van der Waals surface area contributed by atoms with Gasteiger partial charge in [0.2, 0.25) is 5.13 Å². The Hall–Kier alpha value is -2.24. The highest BCUT2D eigenvalue weighted by Gasteiger charge is 2.45. The van der Waals surface area contributed by atoms with Gasteiger partial charge in [0.25, 0.3) is 0 Å². The van der Waals surface area contributed by atoms with Gasteiger partial charge in [-0.3, -0.25) is 0 Å². The van der Waals surface area contributed by atoms with Crippen LogP contribution in [0.3, 0.4) is 0 Å². The van der Waals surface area contributed by atoms with Crippen molar-refractivity contribution >= 4 is 16.5 Å². The number of ether oxygens (including phenoxy) is 1. The molecule has 0 unspecified atom stereocenters. The molecule has 0 radical (unpaired) electrons. The second-order valence-corrected chi connectivity index (χ2v) is 7.98. The number of aromatic nitrogens is 2. The molecule has 2 aliphatic rings. The highest BCUT2D eigenvalue weighted by Crippen LogP contribution is 2.44. The Morgan fingerprint density at radius 2 is 1.73 bits per heavy atom. The normalized spacial score (nSPS) is 25.2. The van der Waals surface area contributed by atoms with Gasteiger partial charge >= 0.3 is 0 Å². The van der Waals surface area contributed by atoms with Crippen LogP contribution in [0.1, 0.15) is 17.9 Å².